The third-order valence-electron chi connectivity index (χ3n) is 6.41. The van der Waals surface area contributed by atoms with Crippen molar-refractivity contribution >= 4 is 33.7 Å². The minimum atomic E-state index is -0.579. The van der Waals surface area contributed by atoms with Gasteiger partial charge in [-0.3, -0.25) is 9.78 Å². The quantitative estimate of drug-likeness (QED) is 0.305. The number of rotatable bonds is 7. The first-order chi connectivity index (χ1) is 19.1. The first-order valence-corrected chi connectivity index (χ1v) is 13.3. The van der Waals surface area contributed by atoms with Crippen molar-refractivity contribution in [3.05, 3.63) is 65.9 Å². The standard InChI is InChI=1S/C31H33N3O6/c1-18(34-30(36)40-31(2,3)4)17-38-26-16-24-27(23-12-14-37-28(23)26)25(11-13-33-24)39-20-9-10-21-19(15-20)7-6-8-22(21)29(35)32-5/h6-11,13,15-16,18H,12,14,17H2,1-5H3,(H,32,35)(H,34,36). The summed E-state index contributed by atoms with van der Waals surface area (Å²) in [6.07, 6.45) is 1.89. The van der Waals surface area contributed by atoms with Crippen LogP contribution in [-0.2, 0) is 11.2 Å². The number of hydrogen-bond donors (Lipinski definition) is 2. The predicted octanol–water partition coefficient (Wildman–Crippen LogP) is 5.77. The first-order valence-electron chi connectivity index (χ1n) is 13.3. The highest BCUT2D eigenvalue weighted by Gasteiger charge is 2.25. The van der Waals surface area contributed by atoms with Crippen molar-refractivity contribution in [1.29, 1.82) is 0 Å². The number of nitrogens with zero attached hydrogens (tertiary/aromatic N) is 1. The molecular weight excluding hydrogens is 510 g/mol. The van der Waals surface area contributed by atoms with E-state index in [0.717, 1.165) is 21.7 Å². The average Bonchev–Trinajstić information content (AvgIpc) is 3.40. The maximum absolute atomic E-state index is 12.3. The van der Waals surface area contributed by atoms with Crippen LogP contribution in [0.15, 0.2) is 54.7 Å². The molecule has 1 aliphatic rings. The van der Waals surface area contributed by atoms with Gasteiger partial charge in [-0.15, -0.1) is 0 Å². The zero-order chi connectivity index (χ0) is 28.4. The van der Waals surface area contributed by atoms with Gasteiger partial charge in [0.15, 0.2) is 11.5 Å². The molecule has 9 heteroatoms. The summed E-state index contributed by atoms with van der Waals surface area (Å²) in [6.45, 7) is 8.04. The number of nitrogens with one attached hydrogen (secondary N) is 2. The molecule has 0 spiro atoms. The number of benzene rings is 3. The monoisotopic (exact) mass is 543 g/mol. The Kier molecular flexibility index (Phi) is 7.38. The van der Waals surface area contributed by atoms with Crippen LogP contribution < -0.4 is 24.8 Å². The second-order valence-corrected chi connectivity index (χ2v) is 10.7. The van der Waals surface area contributed by atoms with E-state index in [-0.39, 0.29) is 18.6 Å². The molecule has 1 aliphatic heterocycles. The van der Waals surface area contributed by atoms with Crippen LogP contribution in [0.25, 0.3) is 21.7 Å². The largest absolute Gasteiger partial charge is 0.489 e. The molecule has 9 nitrogen and oxygen atoms in total. The molecule has 4 aromatic rings. The van der Waals surface area contributed by atoms with Gasteiger partial charge in [0, 0.05) is 36.9 Å². The van der Waals surface area contributed by atoms with E-state index < -0.39 is 11.7 Å². The molecule has 0 radical (unpaired) electrons. The SMILES string of the molecule is CNC(=O)c1cccc2cc(Oc3ccnc4cc(OCC(C)NC(=O)OC(C)(C)C)c5c(c34)CCO5)ccc12. The number of alkyl carbamates (subject to hydrolysis) is 1. The Morgan fingerprint density at radius 2 is 1.93 bits per heavy atom. The maximum Gasteiger partial charge on any atom is 0.407 e. The number of aromatic nitrogens is 1. The van der Waals surface area contributed by atoms with Crippen LogP contribution in [-0.4, -0.2) is 48.9 Å². The van der Waals surface area contributed by atoms with E-state index in [1.165, 1.54) is 0 Å². The lowest BCUT2D eigenvalue weighted by Crippen LogP contribution is -2.40. The topological polar surface area (TPSA) is 108 Å². The Morgan fingerprint density at radius 1 is 1.10 bits per heavy atom. The Morgan fingerprint density at radius 3 is 2.70 bits per heavy atom. The number of carbonyl (C=O) groups excluding carboxylic acids is 2. The lowest BCUT2D eigenvalue weighted by Gasteiger charge is -2.22. The van der Waals surface area contributed by atoms with Gasteiger partial charge in [-0.2, -0.15) is 0 Å². The van der Waals surface area contributed by atoms with Gasteiger partial charge >= 0.3 is 6.09 Å². The normalized spacial score (nSPS) is 13.3. The van der Waals surface area contributed by atoms with Gasteiger partial charge in [0.2, 0.25) is 0 Å². The van der Waals surface area contributed by atoms with E-state index in [2.05, 4.69) is 15.6 Å². The van der Waals surface area contributed by atoms with Crippen LogP contribution in [0.1, 0.15) is 43.6 Å². The van der Waals surface area contributed by atoms with E-state index in [1.807, 2.05) is 70.2 Å². The molecule has 1 unspecified atom stereocenters. The summed E-state index contributed by atoms with van der Waals surface area (Å²) in [5.41, 5.74) is 1.71. The molecule has 0 fully saturated rings. The number of carbonyl (C=O) groups is 2. The molecule has 3 aromatic carbocycles. The van der Waals surface area contributed by atoms with E-state index in [4.69, 9.17) is 18.9 Å². The van der Waals surface area contributed by atoms with Gasteiger partial charge < -0.3 is 29.6 Å². The Bertz CT molecular complexity index is 1590. The average molecular weight is 544 g/mol. The molecular formula is C31H33N3O6. The summed E-state index contributed by atoms with van der Waals surface area (Å²) in [5, 5.41) is 8.08. The molecule has 208 valence electrons. The van der Waals surface area contributed by atoms with Gasteiger partial charge in [-0.1, -0.05) is 12.1 Å². The van der Waals surface area contributed by atoms with Crippen LogP contribution in [0.3, 0.4) is 0 Å². The summed E-state index contributed by atoms with van der Waals surface area (Å²) in [7, 11) is 1.62. The number of amides is 2. The highest BCUT2D eigenvalue weighted by molar-refractivity contribution is 6.07. The smallest absolute Gasteiger partial charge is 0.407 e. The van der Waals surface area contributed by atoms with Crippen LogP contribution in [0.4, 0.5) is 4.79 Å². The molecule has 1 aromatic heterocycles. The minimum Gasteiger partial charge on any atom is -0.489 e. The van der Waals surface area contributed by atoms with Gasteiger partial charge in [0.25, 0.3) is 5.91 Å². The molecule has 2 heterocycles. The number of hydrogen-bond acceptors (Lipinski definition) is 7. The fraction of sp³-hybridized carbons (Fsp3) is 0.323. The van der Waals surface area contributed by atoms with Crippen molar-refractivity contribution in [2.45, 2.75) is 45.8 Å². The fourth-order valence-corrected chi connectivity index (χ4v) is 4.72. The molecule has 0 aliphatic carbocycles. The Labute approximate surface area is 232 Å². The molecule has 2 amide bonds. The van der Waals surface area contributed by atoms with E-state index in [0.29, 0.717) is 47.1 Å². The number of fused-ring (bicyclic) bond motifs is 4. The zero-order valence-corrected chi connectivity index (χ0v) is 23.3. The number of ether oxygens (including phenoxy) is 4. The number of pyridine rings is 1. The second kappa shape index (κ2) is 10.9. The molecule has 0 bridgehead atoms. The molecule has 40 heavy (non-hydrogen) atoms. The molecule has 0 saturated carbocycles. The van der Waals surface area contributed by atoms with Crippen molar-refractivity contribution in [3.8, 4) is 23.0 Å². The third-order valence-corrected chi connectivity index (χ3v) is 6.41. The van der Waals surface area contributed by atoms with Gasteiger partial charge in [-0.25, -0.2) is 4.79 Å². The summed E-state index contributed by atoms with van der Waals surface area (Å²) in [6, 6.07) is 14.7. The van der Waals surface area contributed by atoms with Crippen molar-refractivity contribution in [1.82, 2.24) is 15.6 Å². The highest BCUT2D eigenvalue weighted by Crippen LogP contribution is 2.44. The van der Waals surface area contributed by atoms with Crippen LogP contribution in [0.2, 0.25) is 0 Å². The van der Waals surface area contributed by atoms with Gasteiger partial charge in [0.05, 0.1) is 23.6 Å². The molecule has 0 saturated heterocycles. The Balaban J connectivity index is 1.40. The van der Waals surface area contributed by atoms with Crippen LogP contribution >= 0.6 is 0 Å². The lowest BCUT2D eigenvalue weighted by atomic mass is 10.0. The summed E-state index contributed by atoms with van der Waals surface area (Å²) >= 11 is 0. The Hall–Kier alpha value is -4.53. The predicted molar refractivity (Wildman–Crippen MR) is 153 cm³/mol. The van der Waals surface area contributed by atoms with E-state index in [1.54, 1.807) is 19.3 Å². The minimum absolute atomic E-state index is 0.136. The van der Waals surface area contributed by atoms with Gasteiger partial charge in [-0.05, 0) is 68.8 Å². The molecule has 2 N–H and O–H groups in total. The van der Waals surface area contributed by atoms with Crippen LogP contribution in [0, 0.1) is 0 Å². The highest BCUT2D eigenvalue weighted by atomic mass is 16.6. The van der Waals surface area contributed by atoms with Crippen molar-refractivity contribution in [2.24, 2.45) is 0 Å². The van der Waals surface area contributed by atoms with Gasteiger partial charge in [0.1, 0.15) is 23.7 Å². The van der Waals surface area contributed by atoms with Crippen molar-refractivity contribution < 1.29 is 28.5 Å². The third kappa shape index (κ3) is 5.73. The zero-order valence-electron chi connectivity index (χ0n) is 23.3. The molecule has 5 rings (SSSR count). The molecule has 1 atom stereocenters. The first kappa shape index (κ1) is 27.1. The van der Waals surface area contributed by atoms with Crippen molar-refractivity contribution in [2.75, 3.05) is 20.3 Å². The van der Waals surface area contributed by atoms with E-state index >= 15 is 0 Å². The van der Waals surface area contributed by atoms with Crippen molar-refractivity contribution in [3.63, 3.8) is 0 Å². The van der Waals surface area contributed by atoms with Crippen LogP contribution in [0.5, 0.6) is 23.0 Å². The summed E-state index contributed by atoms with van der Waals surface area (Å²) in [4.78, 5) is 29.0. The fourth-order valence-electron chi connectivity index (χ4n) is 4.72. The van der Waals surface area contributed by atoms with E-state index in [9.17, 15) is 9.59 Å². The maximum atomic E-state index is 12.3. The lowest BCUT2D eigenvalue weighted by molar-refractivity contribution is 0.0493. The second-order valence-electron chi connectivity index (χ2n) is 10.7. The summed E-state index contributed by atoms with van der Waals surface area (Å²) < 4.78 is 23.8. The summed E-state index contributed by atoms with van der Waals surface area (Å²) in [5.74, 6) is 2.38.